The minimum atomic E-state index is 0.890. The molecule has 0 spiro atoms. The lowest BCUT2D eigenvalue weighted by atomic mass is 10.3. The van der Waals surface area contributed by atoms with Crippen LogP contribution >= 0.6 is 0 Å². The maximum atomic E-state index is 5.35. The number of aromatic nitrogens is 2. The van der Waals surface area contributed by atoms with Gasteiger partial charge in [0.05, 0.1) is 12.4 Å². The molecule has 6 heteroatoms. The first kappa shape index (κ1) is 14.6. The molecule has 0 saturated carbocycles. The molecule has 0 atom stereocenters. The summed E-state index contributed by atoms with van der Waals surface area (Å²) in [4.78, 5) is 15.6. The van der Waals surface area contributed by atoms with Crippen LogP contribution in [0.4, 0.5) is 11.6 Å². The van der Waals surface area contributed by atoms with Crippen molar-refractivity contribution < 1.29 is 0 Å². The van der Waals surface area contributed by atoms with E-state index in [1.54, 1.807) is 6.20 Å². The first-order valence-corrected chi connectivity index (χ1v) is 7.04. The zero-order valence-corrected chi connectivity index (χ0v) is 12.4. The van der Waals surface area contributed by atoms with Gasteiger partial charge in [-0.25, -0.2) is 9.97 Å². The molecule has 1 fully saturated rings. The predicted molar refractivity (Wildman–Crippen MR) is 83.0 cm³/mol. The molecule has 2 N–H and O–H groups in total. The summed E-state index contributed by atoms with van der Waals surface area (Å²) in [6.45, 7) is 5.21. The van der Waals surface area contributed by atoms with Crippen LogP contribution in [0.3, 0.4) is 0 Å². The van der Waals surface area contributed by atoms with Crippen molar-refractivity contribution in [3.8, 4) is 0 Å². The van der Waals surface area contributed by atoms with E-state index in [1.807, 2.05) is 37.5 Å². The van der Waals surface area contributed by atoms with Crippen LogP contribution in [-0.2, 0) is 0 Å². The Labute approximate surface area is 120 Å². The topological polar surface area (TPSA) is 61.5 Å². The van der Waals surface area contributed by atoms with Crippen LogP contribution in [0, 0.1) is 0 Å². The summed E-state index contributed by atoms with van der Waals surface area (Å²) in [5.41, 5.74) is 5.35. The van der Waals surface area contributed by atoms with Crippen molar-refractivity contribution in [1.29, 1.82) is 0 Å². The average molecular weight is 276 g/mol. The molecule has 0 aromatic carbocycles. The standard InChI is InChI=1S/C14H24N6/c1-18(2)13-11-17-14(12-16-13)20-9-7-19(8-10-20)6-4-3-5-15/h3,5,11-12H,4,6-10,15H2,1-2H3/b5-3+. The van der Waals surface area contributed by atoms with Gasteiger partial charge in [-0.3, -0.25) is 4.90 Å². The van der Waals surface area contributed by atoms with Crippen LogP contribution in [0.25, 0.3) is 0 Å². The molecule has 1 aromatic heterocycles. The SMILES string of the molecule is CN(C)c1cnc(N2CCN(CC/C=C/N)CC2)cn1. The van der Waals surface area contributed by atoms with E-state index in [1.165, 1.54) is 0 Å². The van der Waals surface area contributed by atoms with E-state index in [0.29, 0.717) is 0 Å². The normalized spacial score (nSPS) is 16.8. The van der Waals surface area contributed by atoms with Crippen LogP contribution in [0.5, 0.6) is 0 Å². The van der Waals surface area contributed by atoms with E-state index in [4.69, 9.17) is 5.73 Å². The monoisotopic (exact) mass is 276 g/mol. The molecule has 0 radical (unpaired) electrons. The Morgan fingerprint density at radius 2 is 1.95 bits per heavy atom. The van der Waals surface area contributed by atoms with Gasteiger partial charge in [-0.1, -0.05) is 6.08 Å². The Bertz CT molecular complexity index is 420. The number of hydrogen-bond donors (Lipinski definition) is 1. The van der Waals surface area contributed by atoms with E-state index in [-0.39, 0.29) is 0 Å². The summed E-state index contributed by atoms with van der Waals surface area (Å²) in [7, 11) is 3.94. The molecule has 1 aliphatic heterocycles. The second-order valence-corrected chi connectivity index (χ2v) is 5.17. The molecule has 0 unspecified atom stereocenters. The summed E-state index contributed by atoms with van der Waals surface area (Å²) >= 11 is 0. The van der Waals surface area contributed by atoms with Crippen LogP contribution in [0.1, 0.15) is 6.42 Å². The van der Waals surface area contributed by atoms with Crippen molar-refractivity contribution in [1.82, 2.24) is 14.9 Å². The molecule has 2 heterocycles. The van der Waals surface area contributed by atoms with Crippen LogP contribution < -0.4 is 15.5 Å². The second-order valence-electron chi connectivity index (χ2n) is 5.17. The number of piperazine rings is 1. The summed E-state index contributed by atoms with van der Waals surface area (Å²) < 4.78 is 0. The highest BCUT2D eigenvalue weighted by Gasteiger charge is 2.17. The average Bonchev–Trinajstić information content (AvgIpc) is 2.48. The lowest BCUT2D eigenvalue weighted by Crippen LogP contribution is -2.46. The molecular formula is C14H24N6. The minimum absolute atomic E-state index is 0.890. The molecular weight excluding hydrogens is 252 g/mol. The maximum absolute atomic E-state index is 5.35. The van der Waals surface area contributed by atoms with E-state index in [9.17, 15) is 0 Å². The number of nitrogens with two attached hydrogens (primary N) is 1. The van der Waals surface area contributed by atoms with Gasteiger partial charge < -0.3 is 15.5 Å². The van der Waals surface area contributed by atoms with Gasteiger partial charge in [-0.15, -0.1) is 0 Å². The van der Waals surface area contributed by atoms with Gasteiger partial charge in [-0.05, 0) is 12.6 Å². The van der Waals surface area contributed by atoms with E-state index >= 15 is 0 Å². The first-order valence-electron chi connectivity index (χ1n) is 7.04. The molecule has 1 aliphatic rings. The quantitative estimate of drug-likeness (QED) is 0.846. The molecule has 2 rings (SSSR count). The lowest BCUT2D eigenvalue weighted by molar-refractivity contribution is 0.262. The smallest absolute Gasteiger partial charge is 0.147 e. The van der Waals surface area contributed by atoms with Gasteiger partial charge >= 0.3 is 0 Å². The Morgan fingerprint density at radius 1 is 1.20 bits per heavy atom. The highest BCUT2D eigenvalue weighted by atomic mass is 15.3. The fraction of sp³-hybridized carbons (Fsp3) is 0.571. The van der Waals surface area contributed by atoms with Crippen LogP contribution in [0.15, 0.2) is 24.7 Å². The molecule has 0 bridgehead atoms. The van der Waals surface area contributed by atoms with E-state index in [0.717, 1.165) is 50.8 Å². The number of hydrogen-bond acceptors (Lipinski definition) is 6. The second kappa shape index (κ2) is 7.09. The minimum Gasteiger partial charge on any atom is -0.405 e. The molecule has 6 nitrogen and oxygen atoms in total. The maximum Gasteiger partial charge on any atom is 0.147 e. The van der Waals surface area contributed by atoms with Crippen LogP contribution in [0.2, 0.25) is 0 Å². The molecule has 110 valence electrons. The van der Waals surface area contributed by atoms with Crippen molar-refractivity contribution in [2.24, 2.45) is 5.73 Å². The molecule has 20 heavy (non-hydrogen) atoms. The summed E-state index contributed by atoms with van der Waals surface area (Å²) in [5.74, 6) is 1.86. The van der Waals surface area contributed by atoms with Gasteiger partial charge in [0.1, 0.15) is 11.6 Å². The highest BCUT2D eigenvalue weighted by molar-refractivity contribution is 5.42. The predicted octanol–water partition coefficient (Wildman–Crippen LogP) is 0.527. The lowest BCUT2D eigenvalue weighted by Gasteiger charge is -2.35. The van der Waals surface area contributed by atoms with Crippen molar-refractivity contribution in [3.05, 3.63) is 24.7 Å². The number of nitrogens with zero attached hydrogens (tertiary/aromatic N) is 5. The molecule has 1 saturated heterocycles. The number of anilines is 2. The fourth-order valence-corrected chi connectivity index (χ4v) is 2.26. The van der Waals surface area contributed by atoms with Crippen molar-refractivity contribution in [3.63, 3.8) is 0 Å². The van der Waals surface area contributed by atoms with Gasteiger partial charge in [-0.2, -0.15) is 0 Å². The van der Waals surface area contributed by atoms with Crippen molar-refractivity contribution >= 4 is 11.6 Å². The van der Waals surface area contributed by atoms with Gasteiger partial charge in [0.25, 0.3) is 0 Å². The zero-order valence-electron chi connectivity index (χ0n) is 12.4. The Hall–Kier alpha value is -1.82. The Morgan fingerprint density at radius 3 is 2.50 bits per heavy atom. The van der Waals surface area contributed by atoms with Crippen molar-refractivity contribution in [2.45, 2.75) is 6.42 Å². The third-order valence-electron chi connectivity index (χ3n) is 3.53. The highest BCUT2D eigenvalue weighted by Crippen LogP contribution is 2.14. The van der Waals surface area contributed by atoms with Gasteiger partial charge in [0, 0.05) is 46.8 Å². The third kappa shape index (κ3) is 3.84. The summed E-state index contributed by atoms with van der Waals surface area (Å²) in [5, 5.41) is 0. The Kier molecular flexibility index (Phi) is 5.17. The van der Waals surface area contributed by atoms with Gasteiger partial charge in [0.2, 0.25) is 0 Å². The summed E-state index contributed by atoms with van der Waals surface area (Å²) in [6.07, 6.45) is 8.35. The third-order valence-corrected chi connectivity index (χ3v) is 3.53. The van der Waals surface area contributed by atoms with E-state index < -0.39 is 0 Å². The Balaban J connectivity index is 1.84. The fourth-order valence-electron chi connectivity index (χ4n) is 2.26. The summed E-state index contributed by atoms with van der Waals surface area (Å²) in [6, 6.07) is 0. The van der Waals surface area contributed by atoms with Crippen molar-refractivity contribution in [2.75, 3.05) is 56.6 Å². The molecule has 0 amide bonds. The van der Waals surface area contributed by atoms with Gasteiger partial charge in [0.15, 0.2) is 0 Å². The number of rotatable bonds is 5. The zero-order chi connectivity index (χ0) is 14.4. The van der Waals surface area contributed by atoms with Crippen LogP contribution in [-0.4, -0.2) is 61.7 Å². The van der Waals surface area contributed by atoms with E-state index in [2.05, 4.69) is 19.8 Å². The molecule has 0 aliphatic carbocycles. The molecule has 1 aromatic rings. The first-order chi connectivity index (χ1) is 9.70. The largest absolute Gasteiger partial charge is 0.405 e.